The largest absolute Gasteiger partial charge is 0.507 e. The second-order valence-electron chi connectivity index (χ2n) is 9.05. The summed E-state index contributed by atoms with van der Waals surface area (Å²) in [4.78, 5) is 27.3. The Morgan fingerprint density at radius 3 is 2.47 bits per heavy atom. The number of nitrogens with zero attached hydrogens (tertiary/aromatic N) is 1. The number of aliphatic hydroxyl groups excluding tert-OH is 1. The van der Waals surface area contributed by atoms with Crippen molar-refractivity contribution in [3.05, 3.63) is 71.0 Å². The number of ketones is 1. The molecule has 0 unspecified atom stereocenters. The van der Waals surface area contributed by atoms with E-state index in [9.17, 15) is 27.5 Å². The number of aliphatic hydroxyl groups is 1. The predicted molar refractivity (Wildman–Crippen MR) is 124 cm³/mol. The van der Waals surface area contributed by atoms with Gasteiger partial charge in [0.25, 0.3) is 11.7 Å². The van der Waals surface area contributed by atoms with Crippen molar-refractivity contribution in [2.45, 2.75) is 32.4 Å². The molecule has 0 aliphatic carbocycles. The molecular formula is C25H26FNO6S. The summed E-state index contributed by atoms with van der Waals surface area (Å²) in [7, 11) is -3.37. The van der Waals surface area contributed by atoms with Gasteiger partial charge < -0.3 is 14.7 Å². The molecular weight excluding hydrogens is 461 g/mol. The minimum absolute atomic E-state index is 0.103. The number of hydrogen-bond donors (Lipinski definition) is 1. The Bertz CT molecular complexity index is 1250. The van der Waals surface area contributed by atoms with E-state index in [-0.39, 0.29) is 34.6 Å². The molecule has 0 saturated carbocycles. The van der Waals surface area contributed by atoms with Gasteiger partial charge in [0.1, 0.15) is 17.3 Å². The van der Waals surface area contributed by atoms with E-state index in [2.05, 4.69) is 0 Å². The van der Waals surface area contributed by atoms with Gasteiger partial charge in [0, 0.05) is 11.6 Å². The number of carbonyl (C=O) groups is 2. The van der Waals surface area contributed by atoms with Crippen LogP contribution >= 0.6 is 0 Å². The van der Waals surface area contributed by atoms with E-state index in [0.29, 0.717) is 18.3 Å². The summed E-state index contributed by atoms with van der Waals surface area (Å²) in [5, 5.41) is 11.1. The zero-order valence-electron chi connectivity index (χ0n) is 18.9. The van der Waals surface area contributed by atoms with E-state index in [1.807, 2.05) is 13.8 Å². The summed E-state index contributed by atoms with van der Waals surface area (Å²) in [5.41, 5.74) is 0.369. The molecule has 4 rings (SSSR count). The lowest BCUT2D eigenvalue weighted by Crippen LogP contribution is -2.40. The molecule has 7 nitrogen and oxygen atoms in total. The van der Waals surface area contributed by atoms with Gasteiger partial charge in [-0.15, -0.1) is 0 Å². The molecule has 2 saturated heterocycles. The number of hydrogen-bond acceptors (Lipinski definition) is 6. The molecule has 34 heavy (non-hydrogen) atoms. The molecule has 0 spiro atoms. The zero-order valence-corrected chi connectivity index (χ0v) is 19.7. The van der Waals surface area contributed by atoms with Crippen molar-refractivity contribution in [1.82, 2.24) is 4.90 Å². The standard InChI is InChI=1S/C25H26FNO6S/c1-15(2)13-33-20-8-6-16(7-9-20)23(28)21-22(17-4-3-5-18(26)12-17)27(25(30)24(21)29)19-10-11-34(31,32)14-19/h3-9,12,15,19,22,28H,10-11,13-14H2,1-2H3/t19-,22-/m1/s1. The summed E-state index contributed by atoms with van der Waals surface area (Å²) in [6.45, 7) is 4.54. The molecule has 180 valence electrons. The van der Waals surface area contributed by atoms with Crippen LogP contribution in [0.25, 0.3) is 5.76 Å². The molecule has 2 atom stereocenters. The van der Waals surface area contributed by atoms with Crippen molar-refractivity contribution in [3.63, 3.8) is 0 Å². The second kappa shape index (κ2) is 9.21. The Hall–Kier alpha value is -3.20. The van der Waals surface area contributed by atoms with E-state index in [1.54, 1.807) is 30.3 Å². The molecule has 2 aromatic carbocycles. The zero-order chi connectivity index (χ0) is 24.6. The highest BCUT2D eigenvalue weighted by atomic mass is 32.2. The Labute approximate surface area is 197 Å². The van der Waals surface area contributed by atoms with E-state index >= 15 is 0 Å². The van der Waals surface area contributed by atoms with Gasteiger partial charge in [0.05, 0.1) is 29.7 Å². The van der Waals surface area contributed by atoms with Gasteiger partial charge in [-0.2, -0.15) is 0 Å². The molecule has 1 N–H and O–H groups in total. The van der Waals surface area contributed by atoms with Crippen molar-refractivity contribution in [2.75, 3.05) is 18.1 Å². The van der Waals surface area contributed by atoms with Crippen LogP contribution in [0.2, 0.25) is 0 Å². The number of likely N-dealkylation sites (tertiary alicyclic amines) is 1. The molecule has 0 radical (unpaired) electrons. The van der Waals surface area contributed by atoms with Crippen molar-refractivity contribution in [3.8, 4) is 5.75 Å². The van der Waals surface area contributed by atoms with Crippen LogP contribution in [-0.2, 0) is 19.4 Å². The first-order chi connectivity index (χ1) is 16.1. The monoisotopic (exact) mass is 487 g/mol. The first-order valence-corrected chi connectivity index (χ1v) is 12.9. The number of sulfone groups is 1. The molecule has 2 heterocycles. The normalized spacial score (nSPS) is 23.6. The van der Waals surface area contributed by atoms with Crippen LogP contribution in [0.1, 0.15) is 37.4 Å². The molecule has 0 bridgehead atoms. The fourth-order valence-corrected chi connectivity index (χ4v) is 6.06. The number of halogens is 1. The quantitative estimate of drug-likeness (QED) is 0.380. The van der Waals surface area contributed by atoms with Gasteiger partial charge in [-0.05, 0) is 54.3 Å². The van der Waals surface area contributed by atoms with Gasteiger partial charge in [-0.25, -0.2) is 12.8 Å². The molecule has 1 amide bonds. The number of benzene rings is 2. The maximum atomic E-state index is 14.1. The third kappa shape index (κ3) is 4.70. The van der Waals surface area contributed by atoms with Gasteiger partial charge >= 0.3 is 0 Å². The lowest BCUT2D eigenvalue weighted by molar-refractivity contribution is -0.141. The molecule has 0 aromatic heterocycles. The maximum absolute atomic E-state index is 14.1. The molecule has 2 aliphatic heterocycles. The number of amides is 1. The second-order valence-corrected chi connectivity index (χ2v) is 11.3. The van der Waals surface area contributed by atoms with Crippen molar-refractivity contribution >= 4 is 27.3 Å². The molecule has 9 heteroatoms. The van der Waals surface area contributed by atoms with Crippen LogP contribution in [-0.4, -0.2) is 54.3 Å². The highest BCUT2D eigenvalue weighted by Crippen LogP contribution is 2.42. The first kappa shape index (κ1) is 23.9. The average Bonchev–Trinajstić information content (AvgIpc) is 3.28. The van der Waals surface area contributed by atoms with Crippen molar-refractivity contribution < 1.29 is 32.2 Å². The van der Waals surface area contributed by atoms with E-state index in [4.69, 9.17) is 4.74 Å². The minimum atomic E-state index is -3.37. The van der Waals surface area contributed by atoms with Gasteiger partial charge in [-0.1, -0.05) is 26.0 Å². The number of ether oxygens (including phenoxy) is 1. The highest BCUT2D eigenvalue weighted by Gasteiger charge is 2.51. The van der Waals surface area contributed by atoms with Gasteiger partial charge in [0.2, 0.25) is 0 Å². The minimum Gasteiger partial charge on any atom is -0.507 e. The lowest BCUT2D eigenvalue weighted by atomic mass is 9.94. The van der Waals surface area contributed by atoms with Crippen LogP contribution in [0.5, 0.6) is 5.75 Å². The van der Waals surface area contributed by atoms with E-state index < -0.39 is 45.2 Å². The summed E-state index contributed by atoms with van der Waals surface area (Å²) >= 11 is 0. The summed E-state index contributed by atoms with van der Waals surface area (Å²) in [6.07, 6.45) is 0.170. The summed E-state index contributed by atoms with van der Waals surface area (Å²) in [6, 6.07) is 9.99. The van der Waals surface area contributed by atoms with E-state index in [0.717, 1.165) is 0 Å². The summed E-state index contributed by atoms with van der Waals surface area (Å²) in [5.74, 6) is -2.30. The number of carbonyl (C=O) groups excluding carboxylic acids is 2. The number of Topliss-reactive ketones (excluding diaryl/α,β-unsaturated/α-hetero) is 1. The Morgan fingerprint density at radius 2 is 1.88 bits per heavy atom. The third-order valence-electron chi connectivity index (χ3n) is 5.96. The highest BCUT2D eigenvalue weighted by molar-refractivity contribution is 7.91. The van der Waals surface area contributed by atoms with E-state index in [1.165, 1.54) is 23.1 Å². The van der Waals surface area contributed by atoms with Crippen molar-refractivity contribution in [1.29, 1.82) is 0 Å². The fraction of sp³-hybridized carbons (Fsp3) is 0.360. The Balaban J connectivity index is 1.78. The molecule has 2 aliphatic rings. The van der Waals surface area contributed by atoms with Crippen molar-refractivity contribution in [2.24, 2.45) is 5.92 Å². The van der Waals surface area contributed by atoms with Gasteiger partial charge in [0.15, 0.2) is 9.84 Å². The maximum Gasteiger partial charge on any atom is 0.295 e. The van der Waals surface area contributed by atoms with Crippen LogP contribution in [0.4, 0.5) is 4.39 Å². The molecule has 2 fully saturated rings. The van der Waals surface area contributed by atoms with Gasteiger partial charge in [-0.3, -0.25) is 9.59 Å². The predicted octanol–water partition coefficient (Wildman–Crippen LogP) is 3.47. The Kier molecular flexibility index (Phi) is 6.49. The van der Waals surface area contributed by atoms with Crippen LogP contribution < -0.4 is 4.74 Å². The van der Waals surface area contributed by atoms with Crippen LogP contribution in [0.15, 0.2) is 54.1 Å². The molecule has 2 aromatic rings. The average molecular weight is 488 g/mol. The fourth-order valence-electron chi connectivity index (χ4n) is 4.35. The van der Waals surface area contributed by atoms with Crippen LogP contribution in [0, 0.1) is 11.7 Å². The Morgan fingerprint density at radius 1 is 1.18 bits per heavy atom. The topological polar surface area (TPSA) is 101 Å². The van der Waals surface area contributed by atoms with Crippen LogP contribution in [0.3, 0.4) is 0 Å². The summed E-state index contributed by atoms with van der Waals surface area (Å²) < 4.78 is 43.9. The first-order valence-electron chi connectivity index (χ1n) is 11.1. The number of rotatable bonds is 6. The smallest absolute Gasteiger partial charge is 0.295 e. The SMILES string of the molecule is CC(C)COc1ccc(C(O)=C2C(=O)C(=O)N([C@@H]3CCS(=O)(=O)C3)[C@@H]2c2cccc(F)c2)cc1. The third-order valence-corrected chi connectivity index (χ3v) is 7.71. The lowest BCUT2D eigenvalue weighted by Gasteiger charge is -2.30.